The molecule has 0 aromatic carbocycles. The van der Waals surface area contributed by atoms with E-state index in [1.165, 1.54) is 6.42 Å². The van der Waals surface area contributed by atoms with E-state index in [0.717, 1.165) is 13.1 Å². The second-order valence-corrected chi connectivity index (χ2v) is 3.67. The highest BCUT2D eigenvalue weighted by Crippen LogP contribution is 2.26. The highest BCUT2D eigenvalue weighted by molar-refractivity contribution is 5.66. The summed E-state index contributed by atoms with van der Waals surface area (Å²) in [5.41, 5.74) is 6.41. The summed E-state index contributed by atoms with van der Waals surface area (Å²) in [4.78, 5) is 6.01. The molecule has 0 unspecified atom stereocenters. The van der Waals surface area contributed by atoms with Crippen molar-refractivity contribution in [3.63, 3.8) is 0 Å². The lowest BCUT2D eigenvalue weighted by atomic mass is 10.2. The summed E-state index contributed by atoms with van der Waals surface area (Å²) in [6, 6.07) is 4.17. The highest BCUT2D eigenvalue weighted by Gasteiger charge is 2.21. The molecule has 16 heavy (non-hydrogen) atoms. The van der Waals surface area contributed by atoms with Gasteiger partial charge in [-0.25, -0.2) is 4.98 Å². The van der Waals surface area contributed by atoms with Gasteiger partial charge < -0.3 is 15.1 Å². The van der Waals surface area contributed by atoms with Crippen LogP contribution < -0.4 is 10.6 Å². The van der Waals surface area contributed by atoms with Crippen molar-refractivity contribution in [1.29, 1.82) is 0 Å². The van der Waals surface area contributed by atoms with Gasteiger partial charge in [0.05, 0.1) is 5.56 Å². The first-order valence-electron chi connectivity index (χ1n) is 5.14. The normalized spacial score (nSPS) is 14.9. The third-order valence-corrected chi connectivity index (χ3v) is 2.61. The molecule has 2 aromatic heterocycles. The maximum Gasteiger partial charge on any atom is 0.318 e. The standard InChI is InChI=1S/C10H11N5O/c11-8-7(3-1-4-12-8)9-13-14-10(16-9)15-5-2-6-15/h1,3-4H,2,5-6H2,(H2,11,12). The van der Waals surface area contributed by atoms with E-state index in [4.69, 9.17) is 10.2 Å². The van der Waals surface area contributed by atoms with Gasteiger partial charge in [-0.05, 0) is 18.6 Å². The van der Waals surface area contributed by atoms with Crippen LogP contribution in [0, 0.1) is 0 Å². The van der Waals surface area contributed by atoms with E-state index >= 15 is 0 Å². The number of rotatable bonds is 2. The largest absolute Gasteiger partial charge is 0.403 e. The molecule has 0 saturated carbocycles. The third kappa shape index (κ3) is 1.39. The fourth-order valence-electron chi connectivity index (χ4n) is 1.56. The van der Waals surface area contributed by atoms with Gasteiger partial charge in [-0.15, -0.1) is 5.10 Å². The summed E-state index contributed by atoms with van der Waals surface area (Å²) >= 11 is 0. The van der Waals surface area contributed by atoms with Crippen LogP contribution in [-0.2, 0) is 0 Å². The van der Waals surface area contributed by atoms with Crippen molar-refractivity contribution in [3.05, 3.63) is 18.3 Å². The van der Waals surface area contributed by atoms with Gasteiger partial charge in [0, 0.05) is 19.3 Å². The fraction of sp³-hybridized carbons (Fsp3) is 0.300. The fourth-order valence-corrected chi connectivity index (χ4v) is 1.56. The van der Waals surface area contributed by atoms with E-state index in [0.29, 0.717) is 23.3 Å². The highest BCUT2D eigenvalue weighted by atomic mass is 16.4. The number of hydrogen-bond donors (Lipinski definition) is 1. The number of anilines is 2. The Balaban J connectivity index is 1.95. The first kappa shape index (κ1) is 9.14. The predicted octanol–water partition coefficient (Wildman–Crippen LogP) is 0.924. The number of nitrogens with zero attached hydrogens (tertiary/aromatic N) is 4. The molecule has 0 radical (unpaired) electrons. The first-order valence-corrected chi connectivity index (χ1v) is 5.14. The first-order chi connectivity index (χ1) is 7.84. The summed E-state index contributed by atoms with van der Waals surface area (Å²) in [6.45, 7) is 1.95. The number of pyridine rings is 1. The van der Waals surface area contributed by atoms with Crippen LogP contribution in [-0.4, -0.2) is 28.3 Å². The maximum absolute atomic E-state index is 5.73. The molecule has 1 fully saturated rings. The average Bonchev–Trinajstić information content (AvgIpc) is 2.65. The summed E-state index contributed by atoms with van der Waals surface area (Å²) in [5.74, 6) is 0.828. The molecule has 1 aliphatic rings. The van der Waals surface area contributed by atoms with Gasteiger partial charge in [0.2, 0.25) is 0 Å². The molecule has 0 spiro atoms. The summed E-state index contributed by atoms with van der Waals surface area (Å²) in [5, 5.41) is 7.95. The van der Waals surface area contributed by atoms with E-state index < -0.39 is 0 Å². The molecular weight excluding hydrogens is 206 g/mol. The minimum Gasteiger partial charge on any atom is -0.403 e. The Morgan fingerprint density at radius 1 is 1.31 bits per heavy atom. The van der Waals surface area contributed by atoms with Crippen molar-refractivity contribution < 1.29 is 4.42 Å². The molecule has 0 aliphatic carbocycles. The molecule has 3 rings (SSSR count). The summed E-state index contributed by atoms with van der Waals surface area (Å²) in [6.07, 6.45) is 2.80. The molecule has 0 atom stereocenters. The molecule has 1 saturated heterocycles. The Bertz CT molecular complexity index is 505. The molecule has 2 N–H and O–H groups in total. The summed E-state index contributed by atoms with van der Waals surface area (Å²) < 4.78 is 5.54. The topological polar surface area (TPSA) is 81.1 Å². The minimum absolute atomic E-state index is 0.404. The SMILES string of the molecule is Nc1ncccc1-c1nnc(N2CCC2)o1. The molecule has 2 aromatic rings. The van der Waals surface area contributed by atoms with Gasteiger partial charge in [0.15, 0.2) is 0 Å². The number of nitrogens with two attached hydrogens (primary N) is 1. The Morgan fingerprint density at radius 3 is 2.88 bits per heavy atom. The Labute approximate surface area is 92.1 Å². The van der Waals surface area contributed by atoms with Crippen molar-refractivity contribution in [2.24, 2.45) is 0 Å². The Morgan fingerprint density at radius 2 is 2.19 bits per heavy atom. The lowest BCUT2D eigenvalue weighted by Gasteiger charge is -2.28. The Kier molecular flexibility index (Phi) is 1.99. The zero-order chi connectivity index (χ0) is 11.0. The van der Waals surface area contributed by atoms with Crippen LogP contribution in [0.25, 0.3) is 11.5 Å². The number of hydrogen-bond acceptors (Lipinski definition) is 6. The van der Waals surface area contributed by atoms with E-state index in [1.54, 1.807) is 12.3 Å². The Hall–Kier alpha value is -2.11. The third-order valence-electron chi connectivity index (χ3n) is 2.61. The van der Waals surface area contributed by atoms with Crippen LogP contribution in [0.2, 0.25) is 0 Å². The molecule has 0 bridgehead atoms. The van der Waals surface area contributed by atoms with Gasteiger partial charge in [0.25, 0.3) is 5.89 Å². The van der Waals surface area contributed by atoms with Gasteiger partial charge in [0.1, 0.15) is 5.82 Å². The quantitative estimate of drug-likeness (QED) is 0.805. The van der Waals surface area contributed by atoms with Crippen molar-refractivity contribution >= 4 is 11.8 Å². The second-order valence-electron chi connectivity index (χ2n) is 3.67. The van der Waals surface area contributed by atoms with E-state index in [2.05, 4.69) is 15.2 Å². The zero-order valence-corrected chi connectivity index (χ0v) is 8.63. The lowest BCUT2D eigenvalue weighted by Crippen LogP contribution is -2.37. The molecule has 1 aliphatic heterocycles. The van der Waals surface area contributed by atoms with E-state index in [9.17, 15) is 0 Å². The molecular formula is C10H11N5O. The van der Waals surface area contributed by atoms with Crippen LogP contribution in [0.4, 0.5) is 11.8 Å². The molecule has 6 heteroatoms. The smallest absolute Gasteiger partial charge is 0.318 e. The van der Waals surface area contributed by atoms with Crippen molar-refractivity contribution in [3.8, 4) is 11.5 Å². The van der Waals surface area contributed by atoms with Crippen molar-refractivity contribution in [2.45, 2.75) is 6.42 Å². The zero-order valence-electron chi connectivity index (χ0n) is 8.63. The van der Waals surface area contributed by atoms with Crippen molar-refractivity contribution in [1.82, 2.24) is 15.2 Å². The predicted molar refractivity (Wildman–Crippen MR) is 58.8 cm³/mol. The monoisotopic (exact) mass is 217 g/mol. The number of nitrogen functional groups attached to an aromatic ring is 1. The molecule has 3 heterocycles. The van der Waals surface area contributed by atoms with Crippen LogP contribution in [0.15, 0.2) is 22.7 Å². The summed E-state index contributed by atoms with van der Waals surface area (Å²) in [7, 11) is 0. The van der Waals surface area contributed by atoms with Gasteiger partial charge >= 0.3 is 6.01 Å². The number of aromatic nitrogens is 3. The minimum atomic E-state index is 0.404. The van der Waals surface area contributed by atoms with Crippen LogP contribution in [0.1, 0.15) is 6.42 Å². The van der Waals surface area contributed by atoms with Crippen LogP contribution >= 0.6 is 0 Å². The molecule has 82 valence electrons. The maximum atomic E-state index is 5.73. The van der Waals surface area contributed by atoms with E-state index in [1.807, 2.05) is 11.0 Å². The van der Waals surface area contributed by atoms with Gasteiger partial charge in [-0.1, -0.05) is 5.10 Å². The van der Waals surface area contributed by atoms with Crippen molar-refractivity contribution in [2.75, 3.05) is 23.7 Å². The van der Waals surface area contributed by atoms with Crippen LogP contribution in [0.5, 0.6) is 0 Å². The van der Waals surface area contributed by atoms with Crippen LogP contribution in [0.3, 0.4) is 0 Å². The average molecular weight is 217 g/mol. The molecule has 0 amide bonds. The second kappa shape index (κ2) is 3.48. The van der Waals surface area contributed by atoms with E-state index in [-0.39, 0.29) is 0 Å². The molecule has 6 nitrogen and oxygen atoms in total. The van der Waals surface area contributed by atoms with Gasteiger partial charge in [-0.2, -0.15) is 0 Å². The lowest BCUT2D eigenvalue weighted by molar-refractivity contribution is 0.496. The van der Waals surface area contributed by atoms with Gasteiger partial charge in [-0.3, -0.25) is 0 Å².